The second kappa shape index (κ2) is 5.14. The molecule has 2 nitrogen and oxygen atoms in total. The van der Waals surface area contributed by atoms with Crippen molar-refractivity contribution in [1.82, 2.24) is 0 Å². The van der Waals surface area contributed by atoms with Crippen molar-refractivity contribution >= 4 is 15.9 Å². The SMILES string of the molecule is NC(c1ccc(F)c(F)c1Br)c1cccc2c1OCC2. The van der Waals surface area contributed by atoms with Gasteiger partial charge < -0.3 is 10.5 Å². The molecule has 0 spiro atoms. The smallest absolute Gasteiger partial charge is 0.173 e. The predicted molar refractivity (Wildman–Crippen MR) is 75.7 cm³/mol. The van der Waals surface area contributed by atoms with Gasteiger partial charge in [0.25, 0.3) is 0 Å². The van der Waals surface area contributed by atoms with Gasteiger partial charge in [0.2, 0.25) is 0 Å². The van der Waals surface area contributed by atoms with Gasteiger partial charge in [0.15, 0.2) is 11.6 Å². The van der Waals surface area contributed by atoms with E-state index in [2.05, 4.69) is 15.9 Å². The van der Waals surface area contributed by atoms with Gasteiger partial charge in [0.1, 0.15) is 5.75 Å². The highest BCUT2D eigenvalue weighted by atomic mass is 79.9. The quantitative estimate of drug-likeness (QED) is 0.846. The van der Waals surface area contributed by atoms with Crippen LogP contribution in [-0.4, -0.2) is 6.61 Å². The molecule has 1 atom stereocenters. The summed E-state index contributed by atoms with van der Waals surface area (Å²) in [5, 5.41) is 0. The Morgan fingerprint density at radius 1 is 1.15 bits per heavy atom. The molecule has 3 rings (SSSR count). The van der Waals surface area contributed by atoms with Crippen molar-refractivity contribution in [2.24, 2.45) is 5.73 Å². The van der Waals surface area contributed by atoms with Crippen LogP contribution in [-0.2, 0) is 6.42 Å². The van der Waals surface area contributed by atoms with E-state index >= 15 is 0 Å². The van der Waals surface area contributed by atoms with Crippen molar-refractivity contribution in [3.63, 3.8) is 0 Å². The van der Waals surface area contributed by atoms with E-state index in [1.54, 1.807) is 0 Å². The Labute approximate surface area is 123 Å². The molecule has 1 aliphatic heterocycles. The molecule has 2 aromatic carbocycles. The minimum atomic E-state index is -0.925. The van der Waals surface area contributed by atoms with E-state index in [0.29, 0.717) is 12.2 Å². The lowest BCUT2D eigenvalue weighted by atomic mass is 9.96. The van der Waals surface area contributed by atoms with Crippen LogP contribution in [0.2, 0.25) is 0 Å². The van der Waals surface area contributed by atoms with Crippen LogP contribution >= 0.6 is 15.9 Å². The lowest BCUT2D eigenvalue weighted by Crippen LogP contribution is -2.14. The molecule has 5 heteroatoms. The Morgan fingerprint density at radius 3 is 2.75 bits per heavy atom. The maximum Gasteiger partial charge on any atom is 0.173 e. The van der Waals surface area contributed by atoms with E-state index < -0.39 is 17.7 Å². The van der Waals surface area contributed by atoms with Crippen LogP contribution in [0.5, 0.6) is 5.75 Å². The molecular formula is C15H12BrF2NO. The summed E-state index contributed by atoms with van der Waals surface area (Å²) < 4.78 is 32.5. The third kappa shape index (κ3) is 2.11. The van der Waals surface area contributed by atoms with Gasteiger partial charge in [-0.1, -0.05) is 24.3 Å². The molecule has 1 unspecified atom stereocenters. The fourth-order valence-electron chi connectivity index (χ4n) is 2.43. The second-order valence-electron chi connectivity index (χ2n) is 4.68. The molecule has 1 aliphatic rings. The zero-order valence-electron chi connectivity index (χ0n) is 10.5. The monoisotopic (exact) mass is 339 g/mol. The number of rotatable bonds is 2. The standard InChI is InChI=1S/C15H12BrF2NO/c16-12-9(4-5-11(17)13(12)18)14(19)10-3-1-2-8-6-7-20-15(8)10/h1-5,14H,6-7,19H2. The first-order valence-corrected chi connectivity index (χ1v) is 7.02. The van der Waals surface area contributed by atoms with E-state index in [0.717, 1.165) is 29.4 Å². The number of para-hydroxylation sites is 1. The highest BCUT2D eigenvalue weighted by Gasteiger charge is 2.23. The fourth-order valence-corrected chi connectivity index (χ4v) is 3.00. The van der Waals surface area contributed by atoms with Crippen molar-refractivity contribution < 1.29 is 13.5 Å². The first-order chi connectivity index (χ1) is 9.59. The Morgan fingerprint density at radius 2 is 1.95 bits per heavy atom. The molecule has 20 heavy (non-hydrogen) atoms. The summed E-state index contributed by atoms with van der Waals surface area (Å²) in [5.74, 6) is -1.06. The van der Waals surface area contributed by atoms with E-state index in [1.807, 2.05) is 18.2 Å². The molecule has 0 aromatic heterocycles. The number of benzene rings is 2. The molecule has 0 fully saturated rings. The zero-order chi connectivity index (χ0) is 14.3. The number of fused-ring (bicyclic) bond motifs is 1. The largest absolute Gasteiger partial charge is 0.493 e. The molecule has 0 amide bonds. The third-order valence-corrected chi connectivity index (χ3v) is 4.29. The molecular weight excluding hydrogens is 328 g/mol. The van der Waals surface area contributed by atoms with Gasteiger partial charge in [0.05, 0.1) is 17.1 Å². The summed E-state index contributed by atoms with van der Waals surface area (Å²) >= 11 is 3.07. The number of hydrogen-bond acceptors (Lipinski definition) is 2. The Balaban J connectivity index is 2.08. The average molecular weight is 340 g/mol. The zero-order valence-corrected chi connectivity index (χ0v) is 12.1. The van der Waals surface area contributed by atoms with Gasteiger partial charge in [-0.3, -0.25) is 0 Å². The molecule has 0 radical (unpaired) electrons. The van der Waals surface area contributed by atoms with Crippen molar-refractivity contribution in [3.05, 3.63) is 63.1 Å². The van der Waals surface area contributed by atoms with Crippen LogP contribution in [0.4, 0.5) is 8.78 Å². The second-order valence-corrected chi connectivity index (χ2v) is 5.47. The maximum absolute atomic E-state index is 13.6. The Bertz CT molecular complexity index is 675. The Hall–Kier alpha value is -1.46. The summed E-state index contributed by atoms with van der Waals surface area (Å²) in [4.78, 5) is 0. The summed E-state index contributed by atoms with van der Waals surface area (Å²) in [7, 11) is 0. The fraction of sp³-hybridized carbons (Fsp3) is 0.200. The Kier molecular flexibility index (Phi) is 3.48. The highest BCUT2D eigenvalue weighted by molar-refractivity contribution is 9.10. The molecule has 0 saturated heterocycles. The van der Waals surface area contributed by atoms with Crippen LogP contribution in [0.15, 0.2) is 34.8 Å². The summed E-state index contributed by atoms with van der Waals surface area (Å²) in [6, 6.07) is 7.73. The van der Waals surface area contributed by atoms with Crippen molar-refractivity contribution in [2.75, 3.05) is 6.61 Å². The lowest BCUT2D eigenvalue weighted by molar-refractivity contribution is 0.352. The lowest BCUT2D eigenvalue weighted by Gasteiger charge is -2.17. The van der Waals surface area contributed by atoms with Crippen molar-refractivity contribution in [1.29, 1.82) is 0 Å². The average Bonchev–Trinajstić information content (AvgIpc) is 2.92. The van der Waals surface area contributed by atoms with Gasteiger partial charge in [0, 0.05) is 12.0 Å². The molecule has 2 aromatic rings. The minimum Gasteiger partial charge on any atom is -0.493 e. The highest BCUT2D eigenvalue weighted by Crippen LogP contribution is 2.37. The molecule has 1 heterocycles. The van der Waals surface area contributed by atoms with Gasteiger partial charge in [-0.25, -0.2) is 8.78 Å². The van der Waals surface area contributed by atoms with E-state index in [9.17, 15) is 8.78 Å². The van der Waals surface area contributed by atoms with Gasteiger partial charge >= 0.3 is 0 Å². The van der Waals surface area contributed by atoms with E-state index in [-0.39, 0.29) is 4.47 Å². The summed E-state index contributed by atoms with van der Waals surface area (Å²) in [6.07, 6.45) is 0.842. The normalized spacial score (nSPS) is 14.8. The van der Waals surface area contributed by atoms with Gasteiger partial charge in [-0.2, -0.15) is 0 Å². The first-order valence-electron chi connectivity index (χ1n) is 6.23. The van der Waals surface area contributed by atoms with Gasteiger partial charge in [-0.15, -0.1) is 0 Å². The van der Waals surface area contributed by atoms with Crippen LogP contribution in [0.1, 0.15) is 22.7 Å². The minimum absolute atomic E-state index is 0.0561. The van der Waals surface area contributed by atoms with Crippen molar-refractivity contribution in [2.45, 2.75) is 12.5 Å². The number of halogens is 3. The summed E-state index contributed by atoms with van der Waals surface area (Å²) in [6.45, 7) is 0.623. The molecule has 0 saturated carbocycles. The maximum atomic E-state index is 13.6. The number of nitrogens with two attached hydrogens (primary N) is 1. The van der Waals surface area contributed by atoms with Crippen molar-refractivity contribution in [3.8, 4) is 5.75 Å². The predicted octanol–water partition coefficient (Wildman–Crippen LogP) is 3.71. The topological polar surface area (TPSA) is 35.2 Å². The molecule has 0 bridgehead atoms. The number of ether oxygens (including phenoxy) is 1. The molecule has 104 valence electrons. The first kappa shape index (κ1) is 13.5. The molecule has 2 N–H and O–H groups in total. The van der Waals surface area contributed by atoms with Gasteiger partial charge in [-0.05, 0) is 33.1 Å². The van der Waals surface area contributed by atoms with E-state index in [4.69, 9.17) is 10.5 Å². The third-order valence-electron chi connectivity index (χ3n) is 3.48. The van der Waals surface area contributed by atoms with E-state index in [1.165, 1.54) is 6.07 Å². The van der Waals surface area contributed by atoms with Crippen LogP contribution in [0.3, 0.4) is 0 Å². The molecule has 0 aliphatic carbocycles. The van der Waals surface area contributed by atoms with Crippen LogP contribution < -0.4 is 10.5 Å². The summed E-state index contributed by atoms with van der Waals surface area (Å²) in [5.41, 5.74) is 8.58. The van der Waals surface area contributed by atoms with Crippen LogP contribution in [0, 0.1) is 11.6 Å². The number of hydrogen-bond donors (Lipinski definition) is 1. The van der Waals surface area contributed by atoms with Crippen LogP contribution in [0.25, 0.3) is 0 Å².